The predicted molar refractivity (Wildman–Crippen MR) is 157 cm³/mol. The topological polar surface area (TPSA) is 106 Å². The van der Waals surface area contributed by atoms with Crippen LogP contribution in [0.5, 0.6) is 11.5 Å². The SMILES string of the molecule is CCOc1cc(/C=N\NC(=O)[C@@H](CC(C)C)NS(=O)(=O)c2ccc(C)cc2)cc(Br)c1OCc1ccccc1. The summed E-state index contributed by atoms with van der Waals surface area (Å²) in [6.07, 6.45) is 1.77. The number of benzene rings is 3. The van der Waals surface area contributed by atoms with Gasteiger partial charge in [0.2, 0.25) is 10.0 Å². The fraction of sp³-hybridized carbons (Fsp3) is 0.310. The molecular weight excluding hydrogens is 582 g/mol. The molecule has 3 aromatic rings. The minimum Gasteiger partial charge on any atom is -0.490 e. The van der Waals surface area contributed by atoms with E-state index in [-0.39, 0.29) is 10.8 Å². The van der Waals surface area contributed by atoms with Crippen molar-refractivity contribution in [2.45, 2.75) is 51.7 Å². The normalized spacial score (nSPS) is 12.5. The van der Waals surface area contributed by atoms with Gasteiger partial charge in [0.15, 0.2) is 11.5 Å². The highest BCUT2D eigenvalue weighted by atomic mass is 79.9. The van der Waals surface area contributed by atoms with E-state index >= 15 is 0 Å². The van der Waals surface area contributed by atoms with Crippen LogP contribution in [0.25, 0.3) is 0 Å². The molecule has 0 saturated carbocycles. The summed E-state index contributed by atoms with van der Waals surface area (Å²) in [6.45, 7) is 8.39. The molecule has 0 saturated heterocycles. The summed E-state index contributed by atoms with van der Waals surface area (Å²) in [6, 6.07) is 18.8. The molecule has 1 amide bonds. The van der Waals surface area contributed by atoms with Gasteiger partial charge in [-0.15, -0.1) is 0 Å². The lowest BCUT2D eigenvalue weighted by Crippen LogP contribution is -2.46. The molecule has 10 heteroatoms. The van der Waals surface area contributed by atoms with E-state index in [4.69, 9.17) is 9.47 Å². The first-order valence-corrected chi connectivity index (χ1v) is 14.9. The summed E-state index contributed by atoms with van der Waals surface area (Å²) in [5, 5.41) is 4.07. The van der Waals surface area contributed by atoms with Gasteiger partial charge >= 0.3 is 0 Å². The van der Waals surface area contributed by atoms with Crippen LogP contribution in [0.1, 0.15) is 43.9 Å². The van der Waals surface area contributed by atoms with Crippen molar-refractivity contribution in [1.29, 1.82) is 0 Å². The van der Waals surface area contributed by atoms with Crippen LogP contribution < -0.4 is 19.6 Å². The molecule has 0 aromatic heterocycles. The Labute approximate surface area is 239 Å². The number of hydrogen-bond acceptors (Lipinski definition) is 6. The van der Waals surface area contributed by atoms with E-state index in [1.165, 1.54) is 18.3 Å². The van der Waals surface area contributed by atoms with Crippen LogP contribution in [0.3, 0.4) is 0 Å². The Balaban J connectivity index is 1.72. The molecule has 3 rings (SSSR count). The maximum absolute atomic E-state index is 12.9. The molecule has 0 spiro atoms. The fourth-order valence-electron chi connectivity index (χ4n) is 3.70. The Morgan fingerprint density at radius 1 is 1.05 bits per heavy atom. The lowest BCUT2D eigenvalue weighted by Gasteiger charge is -2.19. The molecule has 0 aliphatic rings. The molecule has 0 heterocycles. The zero-order valence-corrected chi connectivity index (χ0v) is 24.9. The van der Waals surface area contributed by atoms with Gasteiger partial charge < -0.3 is 9.47 Å². The van der Waals surface area contributed by atoms with E-state index in [1.54, 1.807) is 24.3 Å². The molecule has 0 unspecified atom stereocenters. The number of carbonyl (C=O) groups is 1. The molecule has 0 aliphatic heterocycles. The molecule has 0 aliphatic carbocycles. The maximum Gasteiger partial charge on any atom is 0.258 e. The third-order valence-electron chi connectivity index (χ3n) is 5.60. The van der Waals surface area contributed by atoms with Crippen LogP contribution in [-0.4, -0.2) is 33.2 Å². The Kier molecular flexibility index (Phi) is 11.1. The van der Waals surface area contributed by atoms with Gasteiger partial charge in [-0.2, -0.15) is 9.82 Å². The lowest BCUT2D eigenvalue weighted by molar-refractivity contribution is -0.123. The van der Waals surface area contributed by atoms with Crippen molar-refractivity contribution in [3.8, 4) is 11.5 Å². The predicted octanol–water partition coefficient (Wildman–Crippen LogP) is 5.58. The summed E-state index contributed by atoms with van der Waals surface area (Å²) >= 11 is 3.54. The van der Waals surface area contributed by atoms with Gasteiger partial charge in [0.1, 0.15) is 12.6 Å². The van der Waals surface area contributed by atoms with E-state index in [1.807, 2.05) is 58.0 Å². The number of nitrogens with zero attached hydrogens (tertiary/aromatic N) is 1. The van der Waals surface area contributed by atoms with E-state index in [0.717, 1.165) is 11.1 Å². The lowest BCUT2D eigenvalue weighted by atomic mass is 10.0. The quantitative estimate of drug-likeness (QED) is 0.193. The second-order valence-electron chi connectivity index (χ2n) is 9.39. The first kappa shape index (κ1) is 30.3. The van der Waals surface area contributed by atoms with Crippen LogP contribution in [0.4, 0.5) is 0 Å². The molecule has 8 nitrogen and oxygen atoms in total. The molecule has 208 valence electrons. The fourth-order valence-corrected chi connectivity index (χ4v) is 5.48. The molecular formula is C29H34BrN3O5S. The number of ether oxygens (including phenoxy) is 2. The minimum atomic E-state index is -3.89. The van der Waals surface area contributed by atoms with Crippen molar-refractivity contribution < 1.29 is 22.7 Å². The van der Waals surface area contributed by atoms with Gasteiger partial charge in [0.05, 0.1) is 22.2 Å². The molecule has 2 N–H and O–H groups in total. The largest absolute Gasteiger partial charge is 0.490 e. The average molecular weight is 617 g/mol. The Bertz CT molecular complexity index is 1380. The second kappa shape index (κ2) is 14.3. The van der Waals surface area contributed by atoms with Crippen molar-refractivity contribution in [3.63, 3.8) is 0 Å². The average Bonchev–Trinajstić information content (AvgIpc) is 2.88. The van der Waals surface area contributed by atoms with Crippen LogP contribution in [0, 0.1) is 12.8 Å². The molecule has 0 bridgehead atoms. The summed E-state index contributed by atoms with van der Waals surface area (Å²) in [5.74, 6) is 0.602. The van der Waals surface area contributed by atoms with E-state index in [9.17, 15) is 13.2 Å². The zero-order chi connectivity index (χ0) is 28.4. The minimum absolute atomic E-state index is 0.0681. The summed E-state index contributed by atoms with van der Waals surface area (Å²) < 4.78 is 40.8. The molecule has 39 heavy (non-hydrogen) atoms. The smallest absolute Gasteiger partial charge is 0.258 e. The third kappa shape index (κ3) is 9.19. The van der Waals surface area contributed by atoms with E-state index < -0.39 is 22.0 Å². The number of nitrogens with one attached hydrogen (secondary N) is 2. The van der Waals surface area contributed by atoms with Gasteiger partial charge in [-0.1, -0.05) is 61.9 Å². The Morgan fingerprint density at radius 2 is 1.74 bits per heavy atom. The van der Waals surface area contributed by atoms with Crippen molar-refractivity contribution in [1.82, 2.24) is 10.1 Å². The summed E-state index contributed by atoms with van der Waals surface area (Å²) in [5.41, 5.74) is 5.08. The highest BCUT2D eigenvalue weighted by Crippen LogP contribution is 2.37. The van der Waals surface area contributed by atoms with Crippen LogP contribution in [0.15, 0.2) is 81.2 Å². The van der Waals surface area contributed by atoms with Crippen LogP contribution in [0.2, 0.25) is 0 Å². The van der Waals surface area contributed by atoms with Gasteiger partial charge in [0.25, 0.3) is 5.91 Å². The second-order valence-corrected chi connectivity index (χ2v) is 12.0. The van der Waals surface area contributed by atoms with Gasteiger partial charge in [0, 0.05) is 0 Å². The maximum atomic E-state index is 12.9. The highest BCUT2D eigenvalue weighted by molar-refractivity contribution is 9.10. The number of hydrazone groups is 1. The highest BCUT2D eigenvalue weighted by Gasteiger charge is 2.26. The van der Waals surface area contributed by atoms with E-state index in [0.29, 0.717) is 41.2 Å². The number of sulfonamides is 1. The van der Waals surface area contributed by atoms with Crippen molar-refractivity contribution in [3.05, 3.63) is 87.9 Å². The van der Waals surface area contributed by atoms with Gasteiger partial charge in [-0.25, -0.2) is 13.8 Å². The number of hydrogen-bond donors (Lipinski definition) is 2. The number of amides is 1. The first-order valence-electron chi connectivity index (χ1n) is 12.6. The first-order chi connectivity index (χ1) is 18.6. The zero-order valence-electron chi connectivity index (χ0n) is 22.5. The van der Waals surface area contributed by atoms with Crippen molar-refractivity contribution in [2.24, 2.45) is 11.0 Å². The van der Waals surface area contributed by atoms with Gasteiger partial charge in [-0.05, 0) is 77.5 Å². The summed E-state index contributed by atoms with van der Waals surface area (Å²) in [4.78, 5) is 13.0. The number of halogens is 1. The Hall–Kier alpha value is -3.21. The number of carbonyl (C=O) groups excluding carboxylic acids is 1. The molecule has 1 atom stereocenters. The van der Waals surface area contributed by atoms with Gasteiger partial charge in [-0.3, -0.25) is 4.79 Å². The monoisotopic (exact) mass is 615 g/mol. The van der Waals surface area contributed by atoms with Crippen molar-refractivity contribution >= 4 is 38.1 Å². The number of rotatable bonds is 13. The Morgan fingerprint density at radius 3 is 2.38 bits per heavy atom. The summed E-state index contributed by atoms with van der Waals surface area (Å²) in [7, 11) is -3.89. The van der Waals surface area contributed by atoms with Crippen LogP contribution >= 0.6 is 15.9 Å². The molecule has 0 radical (unpaired) electrons. The van der Waals surface area contributed by atoms with E-state index in [2.05, 4.69) is 31.2 Å². The standard InChI is InChI=1S/C29H34BrN3O5S/c1-5-37-27-17-23(16-25(30)28(27)38-19-22-9-7-6-8-10-22)18-31-32-29(34)26(15-20(2)3)33-39(35,36)24-13-11-21(4)12-14-24/h6-14,16-18,20,26,33H,5,15,19H2,1-4H3,(H,32,34)/b31-18-/t26-/m1/s1. The molecule has 3 aromatic carbocycles. The number of aryl methyl sites for hydroxylation is 1. The third-order valence-corrected chi connectivity index (χ3v) is 7.67. The van der Waals surface area contributed by atoms with Crippen molar-refractivity contribution in [2.75, 3.05) is 6.61 Å². The van der Waals surface area contributed by atoms with Crippen LogP contribution in [-0.2, 0) is 21.4 Å². The molecule has 0 fully saturated rings.